The lowest BCUT2D eigenvalue weighted by atomic mass is 10.1. The fourth-order valence-corrected chi connectivity index (χ4v) is 2.79. The quantitative estimate of drug-likeness (QED) is 0.845. The Morgan fingerprint density at radius 1 is 1.26 bits per heavy atom. The SMILES string of the molecule is CCCc1nc(COc2ccccc2CCN)cs1. The third-order valence-corrected chi connectivity index (χ3v) is 3.78. The highest BCUT2D eigenvalue weighted by Crippen LogP contribution is 2.20. The van der Waals surface area contributed by atoms with E-state index in [0.29, 0.717) is 13.2 Å². The van der Waals surface area contributed by atoms with Gasteiger partial charge >= 0.3 is 0 Å². The maximum Gasteiger partial charge on any atom is 0.131 e. The maximum atomic E-state index is 5.86. The fourth-order valence-electron chi connectivity index (χ4n) is 1.90. The number of thiazole rings is 1. The second-order valence-corrected chi connectivity index (χ2v) is 5.36. The first-order valence-corrected chi connectivity index (χ1v) is 7.55. The Morgan fingerprint density at radius 3 is 2.89 bits per heavy atom. The molecule has 4 heteroatoms. The van der Waals surface area contributed by atoms with Gasteiger partial charge in [0.2, 0.25) is 0 Å². The van der Waals surface area contributed by atoms with E-state index in [1.807, 2.05) is 18.2 Å². The topological polar surface area (TPSA) is 48.1 Å². The third kappa shape index (κ3) is 4.04. The predicted molar refractivity (Wildman–Crippen MR) is 79.6 cm³/mol. The number of rotatable bonds is 7. The molecule has 0 spiro atoms. The van der Waals surface area contributed by atoms with Crippen molar-refractivity contribution in [3.63, 3.8) is 0 Å². The van der Waals surface area contributed by atoms with Crippen LogP contribution in [0.1, 0.15) is 29.6 Å². The second kappa shape index (κ2) is 7.26. The number of para-hydroxylation sites is 1. The van der Waals surface area contributed by atoms with Crippen molar-refractivity contribution in [3.8, 4) is 5.75 Å². The maximum absolute atomic E-state index is 5.86. The Balaban J connectivity index is 1.97. The number of ether oxygens (including phenoxy) is 1. The first-order valence-electron chi connectivity index (χ1n) is 6.67. The molecule has 0 saturated heterocycles. The average molecular weight is 276 g/mol. The molecular weight excluding hydrogens is 256 g/mol. The molecule has 0 radical (unpaired) electrons. The number of aromatic nitrogens is 1. The van der Waals surface area contributed by atoms with Crippen LogP contribution in [-0.4, -0.2) is 11.5 Å². The molecule has 0 fully saturated rings. The zero-order valence-electron chi connectivity index (χ0n) is 11.3. The van der Waals surface area contributed by atoms with Gasteiger partial charge in [-0.1, -0.05) is 25.1 Å². The van der Waals surface area contributed by atoms with Crippen molar-refractivity contribution in [2.45, 2.75) is 32.8 Å². The van der Waals surface area contributed by atoms with Crippen LogP contribution in [0.25, 0.3) is 0 Å². The van der Waals surface area contributed by atoms with E-state index < -0.39 is 0 Å². The summed E-state index contributed by atoms with van der Waals surface area (Å²) < 4.78 is 5.86. The highest BCUT2D eigenvalue weighted by atomic mass is 32.1. The first-order chi connectivity index (χ1) is 9.33. The van der Waals surface area contributed by atoms with Gasteiger partial charge < -0.3 is 10.5 Å². The van der Waals surface area contributed by atoms with Gasteiger partial charge in [0, 0.05) is 5.38 Å². The van der Waals surface area contributed by atoms with Crippen LogP contribution in [0.2, 0.25) is 0 Å². The summed E-state index contributed by atoms with van der Waals surface area (Å²) in [6.45, 7) is 3.33. The lowest BCUT2D eigenvalue weighted by molar-refractivity contribution is 0.298. The molecule has 0 aliphatic heterocycles. The molecule has 1 aromatic heterocycles. The number of nitrogens with zero attached hydrogens (tertiary/aromatic N) is 1. The summed E-state index contributed by atoms with van der Waals surface area (Å²) in [5, 5.41) is 3.27. The normalized spacial score (nSPS) is 10.6. The standard InChI is InChI=1S/C15H20N2OS/c1-2-5-15-17-13(11-19-15)10-18-14-7-4-3-6-12(14)8-9-16/h3-4,6-7,11H,2,5,8-10,16H2,1H3. The molecule has 0 bridgehead atoms. The Hall–Kier alpha value is -1.39. The Morgan fingerprint density at radius 2 is 2.11 bits per heavy atom. The van der Waals surface area contributed by atoms with Gasteiger partial charge in [-0.25, -0.2) is 4.98 Å². The van der Waals surface area contributed by atoms with Gasteiger partial charge in [-0.15, -0.1) is 11.3 Å². The van der Waals surface area contributed by atoms with E-state index in [9.17, 15) is 0 Å². The molecular formula is C15H20N2OS. The van der Waals surface area contributed by atoms with Crippen molar-refractivity contribution in [2.24, 2.45) is 5.73 Å². The van der Waals surface area contributed by atoms with Crippen LogP contribution in [0.5, 0.6) is 5.75 Å². The molecule has 102 valence electrons. The molecule has 0 saturated carbocycles. The lowest BCUT2D eigenvalue weighted by Gasteiger charge is -2.09. The Kier molecular flexibility index (Phi) is 5.36. The molecule has 2 aromatic rings. The van der Waals surface area contributed by atoms with Crippen LogP contribution in [0.4, 0.5) is 0 Å². The molecule has 0 amide bonds. The summed E-state index contributed by atoms with van der Waals surface area (Å²) in [4.78, 5) is 4.56. The van der Waals surface area contributed by atoms with Crippen molar-refractivity contribution in [2.75, 3.05) is 6.54 Å². The van der Waals surface area contributed by atoms with Gasteiger partial charge in [0.1, 0.15) is 12.4 Å². The smallest absolute Gasteiger partial charge is 0.131 e. The van der Waals surface area contributed by atoms with Crippen molar-refractivity contribution in [3.05, 3.63) is 45.9 Å². The summed E-state index contributed by atoms with van der Waals surface area (Å²) in [6, 6.07) is 8.05. The average Bonchev–Trinajstić information content (AvgIpc) is 2.86. The van der Waals surface area contributed by atoms with E-state index in [1.54, 1.807) is 11.3 Å². The van der Waals surface area contributed by atoms with Gasteiger partial charge in [-0.2, -0.15) is 0 Å². The molecule has 3 nitrogen and oxygen atoms in total. The largest absolute Gasteiger partial charge is 0.487 e. The number of nitrogens with two attached hydrogens (primary N) is 1. The summed E-state index contributed by atoms with van der Waals surface area (Å²) in [7, 11) is 0. The van der Waals surface area contributed by atoms with E-state index in [-0.39, 0.29) is 0 Å². The van der Waals surface area contributed by atoms with Crippen LogP contribution < -0.4 is 10.5 Å². The number of benzene rings is 1. The highest BCUT2D eigenvalue weighted by Gasteiger charge is 2.05. The van der Waals surface area contributed by atoms with Gasteiger partial charge in [0.15, 0.2) is 0 Å². The van der Waals surface area contributed by atoms with Crippen LogP contribution in [0.15, 0.2) is 29.6 Å². The monoisotopic (exact) mass is 276 g/mol. The van der Waals surface area contributed by atoms with Crippen molar-refractivity contribution in [1.29, 1.82) is 0 Å². The highest BCUT2D eigenvalue weighted by molar-refractivity contribution is 7.09. The van der Waals surface area contributed by atoms with E-state index >= 15 is 0 Å². The number of aryl methyl sites for hydroxylation is 1. The zero-order valence-corrected chi connectivity index (χ0v) is 12.1. The van der Waals surface area contributed by atoms with Crippen molar-refractivity contribution >= 4 is 11.3 Å². The molecule has 0 aliphatic rings. The molecule has 0 unspecified atom stereocenters. The van der Waals surface area contributed by atoms with Gasteiger partial charge in [-0.3, -0.25) is 0 Å². The second-order valence-electron chi connectivity index (χ2n) is 4.42. The molecule has 0 atom stereocenters. The number of hydrogen-bond acceptors (Lipinski definition) is 4. The summed E-state index contributed by atoms with van der Waals surface area (Å²) in [5.41, 5.74) is 7.78. The minimum atomic E-state index is 0.530. The zero-order chi connectivity index (χ0) is 13.5. The molecule has 19 heavy (non-hydrogen) atoms. The summed E-state index contributed by atoms with van der Waals surface area (Å²) in [5.74, 6) is 0.915. The van der Waals surface area contributed by atoms with E-state index in [1.165, 1.54) is 5.01 Å². The van der Waals surface area contributed by atoms with Crippen LogP contribution >= 0.6 is 11.3 Å². The predicted octanol–water partition coefficient (Wildman–Crippen LogP) is 3.18. The molecule has 0 aliphatic carbocycles. The Labute approximate surface area is 118 Å². The summed E-state index contributed by atoms with van der Waals surface area (Å²) in [6.07, 6.45) is 3.02. The van der Waals surface area contributed by atoms with E-state index in [0.717, 1.165) is 36.3 Å². The van der Waals surface area contributed by atoms with Crippen LogP contribution in [-0.2, 0) is 19.4 Å². The molecule has 1 heterocycles. The molecule has 1 aromatic carbocycles. The van der Waals surface area contributed by atoms with Crippen molar-refractivity contribution in [1.82, 2.24) is 4.98 Å². The third-order valence-electron chi connectivity index (χ3n) is 2.83. The fraction of sp³-hybridized carbons (Fsp3) is 0.400. The lowest BCUT2D eigenvalue weighted by Crippen LogP contribution is -2.05. The van der Waals surface area contributed by atoms with Gasteiger partial charge in [0.05, 0.1) is 10.7 Å². The van der Waals surface area contributed by atoms with E-state index in [4.69, 9.17) is 10.5 Å². The minimum absolute atomic E-state index is 0.530. The molecule has 2 rings (SSSR count). The van der Waals surface area contributed by atoms with Crippen LogP contribution in [0, 0.1) is 0 Å². The molecule has 2 N–H and O–H groups in total. The van der Waals surface area contributed by atoms with Crippen molar-refractivity contribution < 1.29 is 4.74 Å². The first kappa shape index (κ1) is 14.0. The van der Waals surface area contributed by atoms with Gasteiger partial charge in [-0.05, 0) is 37.4 Å². The number of hydrogen-bond donors (Lipinski definition) is 1. The Bertz CT molecular complexity index is 510. The van der Waals surface area contributed by atoms with Gasteiger partial charge in [0.25, 0.3) is 0 Å². The summed E-state index contributed by atoms with van der Waals surface area (Å²) >= 11 is 1.71. The van der Waals surface area contributed by atoms with E-state index in [2.05, 4.69) is 23.4 Å². The van der Waals surface area contributed by atoms with Crippen LogP contribution in [0.3, 0.4) is 0 Å². The minimum Gasteiger partial charge on any atom is -0.487 e.